The molecule has 0 spiro atoms. The Bertz CT molecular complexity index is 173. The molecule has 0 aromatic carbocycles. The second-order valence-electron chi connectivity index (χ2n) is 5.13. The number of carbonyl (C=O) groups excluding carboxylic acids is 1. The van der Waals surface area contributed by atoms with Crippen molar-refractivity contribution in [2.24, 2.45) is 17.8 Å². The first-order chi connectivity index (χ1) is 6.99. The highest BCUT2D eigenvalue weighted by molar-refractivity contribution is 5.81. The standard InChI is InChI=1S/C13H26O2/c1-10(2)9-13(15)12(11(3)4)7-5-6-8-14/h10-12,14H,5-9H2,1-4H3. The fourth-order valence-electron chi connectivity index (χ4n) is 1.90. The first-order valence-electron chi connectivity index (χ1n) is 6.12. The van der Waals surface area contributed by atoms with Gasteiger partial charge in [0.25, 0.3) is 0 Å². The summed E-state index contributed by atoms with van der Waals surface area (Å²) in [5.41, 5.74) is 0. The second-order valence-corrected chi connectivity index (χ2v) is 5.13. The summed E-state index contributed by atoms with van der Waals surface area (Å²) in [6.45, 7) is 8.64. The molecule has 0 aliphatic heterocycles. The Morgan fingerprint density at radius 1 is 1.13 bits per heavy atom. The lowest BCUT2D eigenvalue weighted by Gasteiger charge is -2.20. The minimum atomic E-state index is 0.193. The van der Waals surface area contributed by atoms with Crippen molar-refractivity contribution in [3.05, 3.63) is 0 Å². The Labute approximate surface area is 94.1 Å². The summed E-state index contributed by atoms with van der Waals surface area (Å²) in [7, 11) is 0. The average Bonchev–Trinajstić information content (AvgIpc) is 2.10. The maximum atomic E-state index is 11.9. The molecule has 2 nitrogen and oxygen atoms in total. The van der Waals surface area contributed by atoms with Crippen LogP contribution in [0.3, 0.4) is 0 Å². The Morgan fingerprint density at radius 2 is 1.73 bits per heavy atom. The molecule has 0 aromatic heterocycles. The molecule has 0 radical (unpaired) electrons. The van der Waals surface area contributed by atoms with E-state index in [9.17, 15) is 4.79 Å². The number of unbranched alkanes of at least 4 members (excludes halogenated alkanes) is 1. The van der Waals surface area contributed by atoms with Crippen molar-refractivity contribution >= 4 is 5.78 Å². The van der Waals surface area contributed by atoms with Gasteiger partial charge in [-0.3, -0.25) is 4.79 Å². The van der Waals surface area contributed by atoms with E-state index in [1.807, 2.05) is 0 Å². The molecule has 1 N–H and O–H groups in total. The fraction of sp³-hybridized carbons (Fsp3) is 0.923. The quantitative estimate of drug-likeness (QED) is 0.631. The Morgan fingerprint density at radius 3 is 2.13 bits per heavy atom. The van der Waals surface area contributed by atoms with E-state index in [2.05, 4.69) is 27.7 Å². The summed E-state index contributed by atoms with van der Waals surface area (Å²) in [5, 5.41) is 8.72. The van der Waals surface area contributed by atoms with Crippen LogP contribution >= 0.6 is 0 Å². The lowest BCUT2D eigenvalue weighted by molar-refractivity contribution is -0.125. The predicted molar refractivity (Wildman–Crippen MR) is 63.7 cm³/mol. The van der Waals surface area contributed by atoms with E-state index < -0.39 is 0 Å². The molecule has 0 heterocycles. The first-order valence-corrected chi connectivity index (χ1v) is 6.12. The molecule has 0 bridgehead atoms. The number of hydrogen-bond donors (Lipinski definition) is 1. The average molecular weight is 214 g/mol. The van der Waals surface area contributed by atoms with Crippen molar-refractivity contribution in [3.63, 3.8) is 0 Å². The Hall–Kier alpha value is -0.370. The first kappa shape index (κ1) is 14.6. The highest BCUT2D eigenvalue weighted by Gasteiger charge is 2.21. The number of carbonyl (C=O) groups is 1. The number of aliphatic hydroxyl groups excluding tert-OH is 1. The summed E-state index contributed by atoms with van der Waals surface area (Å²) in [4.78, 5) is 11.9. The minimum absolute atomic E-state index is 0.193. The molecule has 1 atom stereocenters. The van der Waals surface area contributed by atoms with Crippen molar-refractivity contribution in [2.45, 2.75) is 53.4 Å². The zero-order chi connectivity index (χ0) is 11.8. The molecule has 0 aromatic rings. The van der Waals surface area contributed by atoms with E-state index in [1.54, 1.807) is 0 Å². The normalized spacial score (nSPS) is 13.5. The third kappa shape index (κ3) is 6.67. The van der Waals surface area contributed by atoms with E-state index in [0.29, 0.717) is 24.0 Å². The van der Waals surface area contributed by atoms with Gasteiger partial charge in [-0.25, -0.2) is 0 Å². The van der Waals surface area contributed by atoms with Crippen molar-refractivity contribution < 1.29 is 9.90 Å². The van der Waals surface area contributed by atoms with Crippen molar-refractivity contribution in [2.75, 3.05) is 6.61 Å². The van der Waals surface area contributed by atoms with E-state index in [1.165, 1.54) is 0 Å². The fourth-order valence-corrected chi connectivity index (χ4v) is 1.90. The summed E-state index contributed by atoms with van der Waals surface area (Å²) in [5.74, 6) is 1.48. The van der Waals surface area contributed by atoms with Gasteiger partial charge in [0.2, 0.25) is 0 Å². The molecule has 2 heteroatoms. The van der Waals surface area contributed by atoms with Crippen LogP contribution < -0.4 is 0 Å². The number of rotatable bonds is 8. The van der Waals surface area contributed by atoms with Gasteiger partial charge in [0, 0.05) is 18.9 Å². The summed E-state index contributed by atoms with van der Waals surface area (Å²) in [6.07, 6.45) is 3.41. The van der Waals surface area contributed by atoms with Gasteiger partial charge in [-0.1, -0.05) is 34.1 Å². The maximum absolute atomic E-state index is 11.9. The van der Waals surface area contributed by atoms with Crippen LogP contribution in [0, 0.1) is 17.8 Å². The molecule has 0 aliphatic carbocycles. The van der Waals surface area contributed by atoms with Gasteiger partial charge in [0.15, 0.2) is 0 Å². The lowest BCUT2D eigenvalue weighted by Crippen LogP contribution is -2.21. The minimum Gasteiger partial charge on any atom is -0.396 e. The third-order valence-electron chi connectivity index (χ3n) is 2.75. The zero-order valence-corrected chi connectivity index (χ0v) is 10.6. The molecule has 0 saturated carbocycles. The van der Waals surface area contributed by atoms with Gasteiger partial charge >= 0.3 is 0 Å². The molecule has 15 heavy (non-hydrogen) atoms. The maximum Gasteiger partial charge on any atom is 0.136 e. The monoisotopic (exact) mass is 214 g/mol. The van der Waals surface area contributed by atoms with Gasteiger partial charge in [0.1, 0.15) is 5.78 Å². The van der Waals surface area contributed by atoms with Crippen molar-refractivity contribution in [3.8, 4) is 0 Å². The van der Waals surface area contributed by atoms with Crippen molar-refractivity contribution in [1.82, 2.24) is 0 Å². The molecular weight excluding hydrogens is 188 g/mol. The van der Waals surface area contributed by atoms with Gasteiger partial charge in [-0.2, -0.15) is 0 Å². The van der Waals surface area contributed by atoms with Gasteiger partial charge in [-0.15, -0.1) is 0 Å². The van der Waals surface area contributed by atoms with E-state index in [-0.39, 0.29) is 12.5 Å². The molecule has 0 saturated heterocycles. The highest BCUT2D eigenvalue weighted by atomic mass is 16.2. The Balaban J connectivity index is 4.07. The van der Waals surface area contributed by atoms with Crippen LogP contribution in [0.2, 0.25) is 0 Å². The lowest BCUT2D eigenvalue weighted by atomic mass is 9.84. The SMILES string of the molecule is CC(C)CC(=O)C(CCCCO)C(C)C. The molecule has 0 aliphatic rings. The predicted octanol–water partition coefficient (Wildman–Crippen LogP) is 3.04. The largest absolute Gasteiger partial charge is 0.396 e. The van der Waals surface area contributed by atoms with Crippen LogP contribution in [0.25, 0.3) is 0 Å². The van der Waals surface area contributed by atoms with Gasteiger partial charge in [-0.05, 0) is 24.7 Å². The number of ketones is 1. The summed E-state index contributed by atoms with van der Waals surface area (Å²) >= 11 is 0. The zero-order valence-electron chi connectivity index (χ0n) is 10.6. The third-order valence-corrected chi connectivity index (χ3v) is 2.75. The highest BCUT2D eigenvalue weighted by Crippen LogP contribution is 2.22. The molecule has 0 rings (SSSR count). The van der Waals surface area contributed by atoms with Crippen LogP contribution in [0.5, 0.6) is 0 Å². The number of aliphatic hydroxyl groups is 1. The van der Waals surface area contributed by atoms with Gasteiger partial charge in [0.05, 0.1) is 0 Å². The number of hydrogen-bond acceptors (Lipinski definition) is 2. The number of Topliss-reactive ketones (excluding diaryl/α,β-unsaturated/α-hetero) is 1. The topological polar surface area (TPSA) is 37.3 Å². The molecule has 0 amide bonds. The van der Waals surface area contributed by atoms with Gasteiger partial charge < -0.3 is 5.11 Å². The van der Waals surface area contributed by atoms with Crippen molar-refractivity contribution in [1.29, 1.82) is 0 Å². The second kappa shape index (κ2) is 7.86. The molecule has 1 unspecified atom stereocenters. The van der Waals surface area contributed by atoms with Crippen LogP contribution in [0.1, 0.15) is 53.4 Å². The molecule has 90 valence electrons. The van der Waals surface area contributed by atoms with Crippen LogP contribution in [0.15, 0.2) is 0 Å². The van der Waals surface area contributed by atoms with Crippen LogP contribution in [-0.2, 0) is 4.79 Å². The summed E-state index contributed by atoms with van der Waals surface area (Å²) in [6, 6.07) is 0. The van der Waals surface area contributed by atoms with Crippen LogP contribution in [-0.4, -0.2) is 17.5 Å². The van der Waals surface area contributed by atoms with E-state index in [0.717, 1.165) is 19.3 Å². The van der Waals surface area contributed by atoms with Crippen LogP contribution in [0.4, 0.5) is 0 Å². The molecular formula is C13H26O2. The molecule has 0 fully saturated rings. The smallest absolute Gasteiger partial charge is 0.136 e. The van der Waals surface area contributed by atoms with E-state index in [4.69, 9.17) is 5.11 Å². The van der Waals surface area contributed by atoms with E-state index >= 15 is 0 Å². The summed E-state index contributed by atoms with van der Waals surface area (Å²) < 4.78 is 0. The Kier molecular flexibility index (Phi) is 7.67.